The number of pyridine rings is 1. The molecule has 5 rings (SSSR count). The summed E-state index contributed by atoms with van der Waals surface area (Å²) in [7, 11) is 0. The van der Waals surface area contributed by atoms with Gasteiger partial charge in [-0.25, -0.2) is 9.97 Å². The van der Waals surface area contributed by atoms with E-state index >= 15 is 0 Å². The first kappa shape index (κ1) is 19.3. The molecule has 2 aliphatic rings. The standard InChI is InChI=1S/C22H23N5O4/c1-13-11-14(19-20(23-13)27-10-6-2-3-9-18(27)24-19)21(28)25-26-22(29)17-12-30-15-7-4-5-8-16(15)31-17/h4-5,7-8,11,17H,2-3,6,9-10,12H2,1H3,(H,25,28)(H,26,29). The zero-order chi connectivity index (χ0) is 21.4. The summed E-state index contributed by atoms with van der Waals surface area (Å²) in [5, 5.41) is 0. The van der Waals surface area contributed by atoms with Crippen LogP contribution in [0.4, 0.5) is 0 Å². The van der Waals surface area contributed by atoms with Crippen molar-refractivity contribution in [2.24, 2.45) is 0 Å². The van der Waals surface area contributed by atoms with Crippen LogP contribution in [-0.2, 0) is 17.8 Å². The third-order valence-electron chi connectivity index (χ3n) is 5.54. The van der Waals surface area contributed by atoms with Crippen LogP contribution >= 0.6 is 0 Å². The Bertz CT molecular complexity index is 1170. The van der Waals surface area contributed by atoms with E-state index in [1.165, 1.54) is 0 Å². The quantitative estimate of drug-likeness (QED) is 0.614. The maximum Gasteiger partial charge on any atom is 0.283 e. The van der Waals surface area contributed by atoms with Crippen molar-refractivity contribution in [3.8, 4) is 11.5 Å². The van der Waals surface area contributed by atoms with Crippen molar-refractivity contribution < 1.29 is 19.1 Å². The van der Waals surface area contributed by atoms with E-state index in [1.807, 2.05) is 13.0 Å². The van der Waals surface area contributed by atoms with Crippen molar-refractivity contribution in [3.63, 3.8) is 0 Å². The number of hydrazine groups is 1. The van der Waals surface area contributed by atoms with E-state index < -0.39 is 17.9 Å². The highest BCUT2D eigenvalue weighted by molar-refractivity contribution is 6.05. The Kier molecular flexibility index (Phi) is 4.93. The third-order valence-corrected chi connectivity index (χ3v) is 5.54. The normalized spacial score (nSPS) is 17.5. The van der Waals surface area contributed by atoms with Crippen LogP contribution in [0.5, 0.6) is 11.5 Å². The second-order valence-electron chi connectivity index (χ2n) is 7.78. The second kappa shape index (κ2) is 7.90. The number of para-hydroxylation sites is 2. The minimum Gasteiger partial charge on any atom is -0.485 e. The van der Waals surface area contributed by atoms with E-state index in [4.69, 9.17) is 14.5 Å². The van der Waals surface area contributed by atoms with Crippen molar-refractivity contribution in [1.82, 2.24) is 25.4 Å². The molecular formula is C22H23N5O4. The fourth-order valence-electron chi connectivity index (χ4n) is 4.00. The van der Waals surface area contributed by atoms with Gasteiger partial charge in [-0.1, -0.05) is 18.6 Å². The van der Waals surface area contributed by atoms with Gasteiger partial charge in [-0.15, -0.1) is 0 Å². The van der Waals surface area contributed by atoms with Gasteiger partial charge in [0.1, 0.15) is 17.9 Å². The molecular weight excluding hydrogens is 398 g/mol. The fraction of sp³-hybridized carbons (Fsp3) is 0.364. The smallest absolute Gasteiger partial charge is 0.283 e. The molecule has 2 aliphatic heterocycles. The van der Waals surface area contributed by atoms with Gasteiger partial charge in [0.2, 0.25) is 6.10 Å². The summed E-state index contributed by atoms with van der Waals surface area (Å²) in [6.45, 7) is 2.75. The van der Waals surface area contributed by atoms with Crippen LogP contribution in [0.25, 0.3) is 11.2 Å². The molecule has 0 saturated carbocycles. The van der Waals surface area contributed by atoms with E-state index in [2.05, 4.69) is 20.4 Å². The zero-order valence-electron chi connectivity index (χ0n) is 17.2. The number of benzene rings is 1. The molecule has 160 valence electrons. The highest BCUT2D eigenvalue weighted by atomic mass is 16.6. The van der Waals surface area contributed by atoms with Crippen LogP contribution in [0.3, 0.4) is 0 Å². The lowest BCUT2D eigenvalue weighted by Gasteiger charge is -2.25. The summed E-state index contributed by atoms with van der Waals surface area (Å²) in [4.78, 5) is 34.7. The molecule has 4 heterocycles. The Labute approximate surface area is 178 Å². The Morgan fingerprint density at radius 2 is 1.94 bits per heavy atom. The summed E-state index contributed by atoms with van der Waals surface area (Å²) < 4.78 is 13.3. The summed E-state index contributed by atoms with van der Waals surface area (Å²) in [6.07, 6.45) is 3.31. The molecule has 2 aromatic heterocycles. The van der Waals surface area contributed by atoms with Crippen molar-refractivity contribution >= 4 is 23.0 Å². The van der Waals surface area contributed by atoms with E-state index in [-0.39, 0.29) is 6.61 Å². The molecule has 9 heteroatoms. The van der Waals surface area contributed by atoms with Crippen molar-refractivity contribution in [2.45, 2.75) is 45.3 Å². The van der Waals surface area contributed by atoms with Gasteiger partial charge in [-0.05, 0) is 38.0 Å². The number of nitrogens with zero attached hydrogens (tertiary/aromatic N) is 3. The Balaban J connectivity index is 1.32. The van der Waals surface area contributed by atoms with Crippen molar-refractivity contribution in [3.05, 3.63) is 47.4 Å². The van der Waals surface area contributed by atoms with Gasteiger partial charge >= 0.3 is 0 Å². The Morgan fingerprint density at radius 3 is 2.81 bits per heavy atom. The van der Waals surface area contributed by atoms with E-state index in [9.17, 15) is 9.59 Å². The van der Waals surface area contributed by atoms with Crippen LogP contribution in [-0.4, -0.2) is 39.1 Å². The number of rotatable bonds is 2. The molecule has 0 bridgehead atoms. The SMILES string of the molecule is Cc1cc(C(=O)NNC(=O)C2COc3ccccc3O2)c2nc3n(c2n1)CCCCC3. The van der Waals surface area contributed by atoms with Gasteiger partial charge in [-0.2, -0.15) is 0 Å². The van der Waals surface area contributed by atoms with E-state index in [1.54, 1.807) is 24.3 Å². The number of ether oxygens (including phenoxy) is 2. The van der Waals surface area contributed by atoms with Crippen LogP contribution in [0.1, 0.15) is 41.1 Å². The molecule has 0 radical (unpaired) electrons. The Hall–Kier alpha value is -3.62. The number of hydrogen-bond acceptors (Lipinski definition) is 6. The highest BCUT2D eigenvalue weighted by Crippen LogP contribution is 2.30. The number of hydrogen-bond donors (Lipinski definition) is 2. The lowest BCUT2D eigenvalue weighted by molar-refractivity contribution is -0.131. The minimum absolute atomic E-state index is 0.0606. The maximum absolute atomic E-state index is 12.9. The van der Waals surface area contributed by atoms with Gasteiger partial charge < -0.3 is 14.0 Å². The molecule has 1 unspecified atom stereocenters. The number of fused-ring (bicyclic) bond motifs is 4. The van der Waals surface area contributed by atoms with Gasteiger partial charge in [-0.3, -0.25) is 20.4 Å². The molecule has 0 spiro atoms. The molecule has 1 aromatic carbocycles. The molecule has 31 heavy (non-hydrogen) atoms. The predicted molar refractivity (Wildman–Crippen MR) is 112 cm³/mol. The van der Waals surface area contributed by atoms with Gasteiger partial charge in [0.25, 0.3) is 11.8 Å². The van der Waals surface area contributed by atoms with E-state index in [0.717, 1.165) is 43.7 Å². The number of imidazole rings is 1. The average molecular weight is 421 g/mol. The summed E-state index contributed by atoms with van der Waals surface area (Å²) in [6, 6.07) is 8.82. The maximum atomic E-state index is 12.9. The first-order valence-electron chi connectivity index (χ1n) is 10.5. The predicted octanol–water partition coefficient (Wildman–Crippen LogP) is 2.07. The lowest BCUT2D eigenvalue weighted by atomic mass is 10.2. The fourth-order valence-corrected chi connectivity index (χ4v) is 4.00. The van der Waals surface area contributed by atoms with E-state index in [0.29, 0.717) is 28.2 Å². The zero-order valence-corrected chi connectivity index (χ0v) is 17.2. The first-order chi connectivity index (χ1) is 15.1. The molecule has 0 saturated heterocycles. The number of nitrogens with one attached hydrogen (secondary N) is 2. The number of aromatic nitrogens is 3. The first-order valence-corrected chi connectivity index (χ1v) is 10.5. The summed E-state index contributed by atoms with van der Waals surface area (Å²) >= 11 is 0. The largest absolute Gasteiger partial charge is 0.485 e. The molecule has 0 aliphatic carbocycles. The number of aryl methyl sites for hydroxylation is 3. The number of amides is 2. The van der Waals surface area contributed by atoms with Gasteiger partial charge in [0.15, 0.2) is 17.1 Å². The molecule has 0 fully saturated rings. The number of carbonyl (C=O) groups is 2. The van der Waals surface area contributed by atoms with Gasteiger partial charge in [0, 0.05) is 18.7 Å². The van der Waals surface area contributed by atoms with Crippen LogP contribution in [0.15, 0.2) is 30.3 Å². The third kappa shape index (κ3) is 3.67. The van der Waals surface area contributed by atoms with Gasteiger partial charge in [0.05, 0.1) is 5.56 Å². The molecule has 3 aromatic rings. The topological polar surface area (TPSA) is 107 Å². The molecule has 2 N–H and O–H groups in total. The Morgan fingerprint density at radius 1 is 1.10 bits per heavy atom. The van der Waals surface area contributed by atoms with Crippen LogP contribution in [0.2, 0.25) is 0 Å². The molecule has 1 atom stereocenters. The van der Waals surface area contributed by atoms with Crippen molar-refractivity contribution in [1.29, 1.82) is 0 Å². The minimum atomic E-state index is -0.863. The second-order valence-corrected chi connectivity index (χ2v) is 7.78. The molecule has 9 nitrogen and oxygen atoms in total. The van der Waals surface area contributed by atoms with Crippen LogP contribution < -0.4 is 20.3 Å². The molecule has 2 amide bonds. The lowest BCUT2D eigenvalue weighted by Crippen LogP contribution is -2.50. The monoisotopic (exact) mass is 421 g/mol. The summed E-state index contributed by atoms with van der Waals surface area (Å²) in [5.74, 6) is 1.09. The average Bonchev–Trinajstić information content (AvgIpc) is 2.96. The van der Waals surface area contributed by atoms with Crippen LogP contribution in [0, 0.1) is 6.92 Å². The highest BCUT2D eigenvalue weighted by Gasteiger charge is 2.28. The summed E-state index contributed by atoms with van der Waals surface area (Å²) in [5.41, 5.74) is 7.30. The van der Waals surface area contributed by atoms with Crippen molar-refractivity contribution in [2.75, 3.05) is 6.61 Å². The number of carbonyl (C=O) groups excluding carboxylic acids is 2.